The quantitative estimate of drug-likeness (QED) is 0.602. The van der Waals surface area contributed by atoms with Crippen LogP contribution in [0, 0.1) is 11.3 Å². The summed E-state index contributed by atoms with van der Waals surface area (Å²) in [6.07, 6.45) is 9.19. The third kappa shape index (κ3) is 5.37. The van der Waals surface area contributed by atoms with Gasteiger partial charge in [-0.1, -0.05) is 19.3 Å². The molecular formula is C17H30N2O4. The Morgan fingerprint density at radius 1 is 1.04 bits per heavy atom. The highest BCUT2D eigenvalue weighted by molar-refractivity contribution is 5.74. The van der Waals surface area contributed by atoms with Gasteiger partial charge in [0.05, 0.1) is 5.92 Å². The number of hydrogen-bond donors (Lipinski definition) is 4. The molecule has 2 saturated carbocycles. The van der Waals surface area contributed by atoms with E-state index in [9.17, 15) is 14.7 Å². The SMILES string of the molecule is O=C(NCC1(CCO)CCCCC1)NC1CCC(C(=O)O)CC1. The van der Waals surface area contributed by atoms with Crippen LogP contribution in [-0.2, 0) is 4.79 Å². The number of aliphatic hydroxyl groups excluding tert-OH is 1. The number of carboxylic acid groups (broad SMARTS) is 1. The normalized spacial score (nSPS) is 27.2. The molecule has 6 nitrogen and oxygen atoms in total. The van der Waals surface area contributed by atoms with Crippen LogP contribution in [0.3, 0.4) is 0 Å². The van der Waals surface area contributed by atoms with Crippen molar-refractivity contribution in [2.75, 3.05) is 13.2 Å². The van der Waals surface area contributed by atoms with Crippen LogP contribution in [0.2, 0.25) is 0 Å². The number of aliphatic hydroxyl groups is 1. The monoisotopic (exact) mass is 326 g/mol. The summed E-state index contributed by atoms with van der Waals surface area (Å²) in [4.78, 5) is 23.1. The Labute approximate surface area is 138 Å². The molecule has 6 heteroatoms. The van der Waals surface area contributed by atoms with Crippen molar-refractivity contribution in [3.8, 4) is 0 Å². The second kappa shape index (κ2) is 8.52. The minimum absolute atomic E-state index is 0.0469. The molecule has 0 heterocycles. The first-order chi connectivity index (χ1) is 11.0. The number of carbonyl (C=O) groups excluding carboxylic acids is 1. The molecule has 4 N–H and O–H groups in total. The van der Waals surface area contributed by atoms with E-state index in [2.05, 4.69) is 10.6 Å². The minimum Gasteiger partial charge on any atom is -0.481 e. The van der Waals surface area contributed by atoms with Crippen molar-refractivity contribution in [3.05, 3.63) is 0 Å². The lowest BCUT2D eigenvalue weighted by Crippen LogP contribution is -2.48. The van der Waals surface area contributed by atoms with Crippen molar-refractivity contribution in [2.45, 2.75) is 70.3 Å². The van der Waals surface area contributed by atoms with Crippen LogP contribution in [0.5, 0.6) is 0 Å². The van der Waals surface area contributed by atoms with Crippen molar-refractivity contribution in [1.29, 1.82) is 0 Å². The summed E-state index contributed by atoms with van der Waals surface area (Å²) >= 11 is 0. The third-order valence-corrected chi connectivity index (χ3v) is 5.59. The first-order valence-electron chi connectivity index (χ1n) is 8.93. The molecule has 0 radical (unpaired) electrons. The Hall–Kier alpha value is -1.30. The lowest BCUT2D eigenvalue weighted by molar-refractivity contribution is -0.142. The number of amides is 2. The van der Waals surface area contributed by atoms with Crippen LogP contribution in [-0.4, -0.2) is 41.4 Å². The molecule has 0 aliphatic heterocycles. The average Bonchev–Trinajstić information content (AvgIpc) is 2.55. The summed E-state index contributed by atoms with van der Waals surface area (Å²) in [7, 11) is 0. The third-order valence-electron chi connectivity index (χ3n) is 5.59. The molecule has 2 aliphatic rings. The van der Waals surface area contributed by atoms with E-state index in [4.69, 9.17) is 5.11 Å². The van der Waals surface area contributed by atoms with E-state index in [1.807, 2.05) is 0 Å². The molecule has 0 atom stereocenters. The molecule has 0 bridgehead atoms. The fraction of sp³-hybridized carbons (Fsp3) is 0.882. The van der Waals surface area contributed by atoms with Crippen molar-refractivity contribution in [1.82, 2.24) is 10.6 Å². The van der Waals surface area contributed by atoms with Crippen LogP contribution in [0.1, 0.15) is 64.2 Å². The molecular weight excluding hydrogens is 296 g/mol. The largest absolute Gasteiger partial charge is 0.481 e. The van der Waals surface area contributed by atoms with Crippen LogP contribution in [0.15, 0.2) is 0 Å². The molecule has 0 aromatic heterocycles. The second-order valence-corrected chi connectivity index (χ2v) is 7.25. The maximum atomic E-state index is 12.1. The number of hydrogen-bond acceptors (Lipinski definition) is 3. The fourth-order valence-electron chi connectivity index (χ4n) is 4.04. The van der Waals surface area contributed by atoms with Gasteiger partial charge < -0.3 is 20.8 Å². The van der Waals surface area contributed by atoms with Gasteiger partial charge in [-0.15, -0.1) is 0 Å². The molecule has 2 amide bonds. The van der Waals surface area contributed by atoms with Gasteiger partial charge in [0.2, 0.25) is 0 Å². The maximum absolute atomic E-state index is 12.1. The van der Waals surface area contributed by atoms with E-state index in [1.165, 1.54) is 19.3 Å². The number of urea groups is 1. The molecule has 0 aromatic rings. The highest BCUT2D eigenvalue weighted by Gasteiger charge is 2.32. The average molecular weight is 326 g/mol. The van der Waals surface area contributed by atoms with Crippen LogP contribution >= 0.6 is 0 Å². The number of carbonyl (C=O) groups is 2. The van der Waals surface area contributed by atoms with Gasteiger partial charge in [0.15, 0.2) is 0 Å². The number of carboxylic acids is 1. The van der Waals surface area contributed by atoms with E-state index in [1.54, 1.807) is 0 Å². The molecule has 0 aromatic carbocycles. The van der Waals surface area contributed by atoms with Gasteiger partial charge >= 0.3 is 12.0 Å². The lowest BCUT2D eigenvalue weighted by Gasteiger charge is -2.37. The standard InChI is InChI=1S/C17H30N2O4/c20-11-10-17(8-2-1-3-9-17)12-18-16(23)19-14-6-4-13(5-7-14)15(21)22/h13-14,20H,1-12H2,(H,21,22)(H2,18,19,23). The molecule has 2 fully saturated rings. The van der Waals surface area contributed by atoms with Crippen molar-refractivity contribution in [3.63, 3.8) is 0 Å². The zero-order valence-electron chi connectivity index (χ0n) is 13.9. The first kappa shape index (κ1) is 18.0. The van der Waals surface area contributed by atoms with Crippen LogP contribution in [0.4, 0.5) is 4.79 Å². The van der Waals surface area contributed by atoms with E-state index in [0.29, 0.717) is 19.4 Å². The van der Waals surface area contributed by atoms with Gasteiger partial charge in [-0.2, -0.15) is 0 Å². The second-order valence-electron chi connectivity index (χ2n) is 7.25. The van der Waals surface area contributed by atoms with E-state index < -0.39 is 5.97 Å². The van der Waals surface area contributed by atoms with Gasteiger partial charge in [0, 0.05) is 19.2 Å². The summed E-state index contributed by atoms with van der Waals surface area (Å²) in [5, 5.41) is 24.3. The van der Waals surface area contributed by atoms with Gasteiger partial charge in [-0.3, -0.25) is 4.79 Å². The van der Waals surface area contributed by atoms with E-state index in [-0.39, 0.29) is 30.0 Å². The molecule has 2 aliphatic carbocycles. The number of rotatable bonds is 6. The van der Waals surface area contributed by atoms with E-state index >= 15 is 0 Å². The van der Waals surface area contributed by atoms with Gasteiger partial charge in [0.1, 0.15) is 0 Å². The van der Waals surface area contributed by atoms with Crippen molar-refractivity contribution in [2.24, 2.45) is 11.3 Å². The van der Waals surface area contributed by atoms with Crippen LogP contribution in [0.25, 0.3) is 0 Å². The van der Waals surface area contributed by atoms with Crippen molar-refractivity contribution < 1.29 is 19.8 Å². The summed E-state index contributed by atoms with van der Waals surface area (Å²) in [6, 6.07) is -0.0857. The summed E-state index contributed by atoms with van der Waals surface area (Å²) in [5.41, 5.74) is 0.0469. The maximum Gasteiger partial charge on any atom is 0.315 e. The highest BCUT2D eigenvalue weighted by atomic mass is 16.4. The Kier molecular flexibility index (Phi) is 6.69. The van der Waals surface area contributed by atoms with Crippen molar-refractivity contribution >= 4 is 12.0 Å². The predicted octanol–water partition coefficient (Wildman–Crippen LogP) is 2.26. The highest BCUT2D eigenvalue weighted by Crippen LogP contribution is 2.38. The Bertz CT molecular complexity index is 394. The lowest BCUT2D eigenvalue weighted by atomic mass is 9.72. The summed E-state index contributed by atoms with van der Waals surface area (Å²) < 4.78 is 0. The van der Waals surface area contributed by atoms with E-state index in [0.717, 1.165) is 32.1 Å². The Balaban J connectivity index is 1.73. The molecule has 0 saturated heterocycles. The van der Waals surface area contributed by atoms with Crippen LogP contribution < -0.4 is 10.6 Å². The van der Waals surface area contributed by atoms with Gasteiger partial charge in [0.25, 0.3) is 0 Å². The first-order valence-corrected chi connectivity index (χ1v) is 8.93. The molecule has 0 spiro atoms. The number of aliphatic carboxylic acids is 1. The van der Waals surface area contributed by atoms with Gasteiger partial charge in [-0.05, 0) is 50.4 Å². The smallest absolute Gasteiger partial charge is 0.315 e. The summed E-state index contributed by atoms with van der Waals surface area (Å²) in [6.45, 7) is 0.784. The minimum atomic E-state index is -0.726. The zero-order valence-corrected chi connectivity index (χ0v) is 13.9. The fourth-order valence-corrected chi connectivity index (χ4v) is 4.04. The topological polar surface area (TPSA) is 98.7 Å². The molecule has 0 unspecified atom stereocenters. The molecule has 2 rings (SSSR count). The summed E-state index contributed by atoms with van der Waals surface area (Å²) in [5.74, 6) is -0.984. The zero-order chi connectivity index (χ0) is 16.7. The predicted molar refractivity (Wildman–Crippen MR) is 87.1 cm³/mol. The van der Waals surface area contributed by atoms with Gasteiger partial charge in [-0.25, -0.2) is 4.79 Å². The Morgan fingerprint density at radius 3 is 2.26 bits per heavy atom. The molecule has 23 heavy (non-hydrogen) atoms. The number of nitrogens with one attached hydrogen (secondary N) is 2. The molecule has 132 valence electrons. The Morgan fingerprint density at radius 2 is 1.70 bits per heavy atom.